The zero-order valence-electron chi connectivity index (χ0n) is 17.2. The summed E-state index contributed by atoms with van der Waals surface area (Å²) >= 11 is 0. The second-order valence-electron chi connectivity index (χ2n) is 7.01. The van der Waals surface area contributed by atoms with E-state index in [1.165, 1.54) is 0 Å². The normalized spacial score (nSPS) is 10.7. The fourth-order valence-electron chi connectivity index (χ4n) is 2.88. The smallest absolute Gasteiger partial charge is 0.257 e. The Morgan fingerprint density at radius 2 is 1.72 bits per heavy atom. The Labute approximate surface area is 171 Å². The van der Waals surface area contributed by atoms with Crippen LogP contribution in [0.5, 0.6) is 17.2 Å². The number of aromatic nitrogens is 1. The summed E-state index contributed by atoms with van der Waals surface area (Å²) in [7, 11) is 0. The number of benzene rings is 2. The first kappa shape index (κ1) is 20.4. The predicted octanol–water partition coefficient (Wildman–Crippen LogP) is 5.78. The Morgan fingerprint density at radius 1 is 1.00 bits per heavy atom. The van der Waals surface area contributed by atoms with Crippen LogP contribution in [0, 0.1) is 6.92 Å². The Hall–Kier alpha value is -3.34. The molecule has 0 radical (unpaired) electrons. The lowest BCUT2D eigenvalue weighted by Gasteiger charge is -2.12. The number of anilines is 1. The maximum absolute atomic E-state index is 12.6. The van der Waals surface area contributed by atoms with Crippen molar-refractivity contribution in [2.45, 2.75) is 40.2 Å². The average Bonchev–Trinajstić information content (AvgIpc) is 2.69. The molecule has 0 spiro atoms. The Bertz CT molecular complexity index is 982. The topological polar surface area (TPSA) is 60.5 Å². The van der Waals surface area contributed by atoms with E-state index in [9.17, 15) is 4.79 Å². The van der Waals surface area contributed by atoms with Crippen LogP contribution in [0.1, 0.15) is 42.5 Å². The molecule has 0 aliphatic rings. The van der Waals surface area contributed by atoms with E-state index in [1.807, 2.05) is 82.3 Å². The number of aryl methyl sites for hydroxylation is 2. The van der Waals surface area contributed by atoms with Crippen molar-refractivity contribution in [3.63, 3.8) is 0 Å². The quantitative estimate of drug-likeness (QED) is 0.555. The van der Waals surface area contributed by atoms with Gasteiger partial charge in [-0.05, 0) is 75.7 Å². The summed E-state index contributed by atoms with van der Waals surface area (Å²) in [4.78, 5) is 17.1. The Morgan fingerprint density at radius 3 is 2.38 bits per heavy atom. The molecule has 0 saturated carbocycles. The first-order valence-electron chi connectivity index (χ1n) is 9.77. The van der Waals surface area contributed by atoms with Crippen LogP contribution in [0.4, 0.5) is 5.69 Å². The summed E-state index contributed by atoms with van der Waals surface area (Å²) in [5, 5.41) is 2.91. The molecule has 1 aromatic heterocycles. The maximum atomic E-state index is 12.6. The van der Waals surface area contributed by atoms with E-state index in [4.69, 9.17) is 9.47 Å². The van der Waals surface area contributed by atoms with E-state index in [0.29, 0.717) is 22.7 Å². The van der Waals surface area contributed by atoms with Crippen LogP contribution in [0.15, 0.2) is 60.7 Å². The molecule has 29 heavy (non-hydrogen) atoms. The van der Waals surface area contributed by atoms with Crippen molar-refractivity contribution in [2.24, 2.45) is 0 Å². The fraction of sp³-hybridized carbons (Fsp3) is 0.250. The SMILES string of the molecule is CCc1ccc(C(=O)Nc2cccc(Oc3ccc(OC(C)C)cc3)c2)c(C)n1. The van der Waals surface area contributed by atoms with Gasteiger partial charge in [0.1, 0.15) is 17.2 Å². The van der Waals surface area contributed by atoms with Crippen molar-refractivity contribution in [3.05, 3.63) is 77.6 Å². The number of nitrogens with one attached hydrogen (secondary N) is 1. The molecule has 2 aromatic carbocycles. The molecule has 5 nitrogen and oxygen atoms in total. The van der Waals surface area contributed by atoms with E-state index < -0.39 is 0 Å². The van der Waals surface area contributed by atoms with Crippen LogP contribution in [-0.4, -0.2) is 17.0 Å². The van der Waals surface area contributed by atoms with Gasteiger partial charge in [0.25, 0.3) is 5.91 Å². The van der Waals surface area contributed by atoms with Crippen LogP contribution >= 0.6 is 0 Å². The Kier molecular flexibility index (Phi) is 6.50. The highest BCUT2D eigenvalue weighted by Crippen LogP contribution is 2.26. The van der Waals surface area contributed by atoms with Gasteiger partial charge in [-0.2, -0.15) is 0 Å². The molecule has 150 valence electrons. The standard InChI is InChI=1S/C24H26N2O3/c1-5-18-9-14-23(17(4)25-18)24(27)26-19-7-6-8-22(15-19)29-21-12-10-20(11-13-21)28-16(2)3/h6-16H,5H2,1-4H3,(H,26,27). The van der Waals surface area contributed by atoms with E-state index in [0.717, 1.165) is 23.6 Å². The van der Waals surface area contributed by atoms with Crippen LogP contribution in [-0.2, 0) is 6.42 Å². The van der Waals surface area contributed by atoms with Gasteiger partial charge >= 0.3 is 0 Å². The highest BCUT2D eigenvalue weighted by Gasteiger charge is 2.11. The molecule has 0 atom stereocenters. The van der Waals surface area contributed by atoms with Crippen molar-refractivity contribution in [3.8, 4) is 17.2 Å². The minimum absolute atomic E-state index is 0.124. The summed E-state index contributed by atoms with van der Waals surface area (Å²) < 4.78 is 11.5. The molecular weight excluding hydrogens is 364 g/mol. The molecule has 0 aliphatic heterocycles. The van der Waals surface area contributed by atoms with Gasteiger partial charge in [-0.15, -0.1) is 0 Å². The molecule has 1 N–H and O–H groups in total. The molecule has 1 heterocycles. The van der Waals surface area contributed by atoms with Crippen LogP contribution in [0.2, 0.25) is 0 Å². The number of amides is 1. The van der Waals surface area contributed by atoms with E-state index >= 15 is 0 Å². The zero-order valence-corrected chi connectivity index (χ0v) is 17.2. The average molecular weight is 390 g/mol. The molecule has 0 bridgehead atoms. The number of nitrogens with zero attached hydrogens (tertiary/aromatic N) is 1. The first-order chi connectivity index (χ1) is 13.9. The third-order valence-electron chi connectivity index (χ3n) is 4.27. The second-order valence-corrected chi connectivity index (χ2v) is 7.01. The lowest BCUT2D eigenvalue weighted by Crippen LogP contribution is -2.14. The van der Waals surface area contributed by atoms with Crippen molar-refractivity contribution < 1.29 is 14.3 Å². The lowest BCUT2D eigenvalue weighted by molar-refractivity contribution is 0.102. The number of pyridine rings is 1. The number of carbonyl (C=O) groups excluding carboxylic acids is 1. The molecule has 1 amide bonds. The van der Waals surface area contributed by atoms with Gasteiger partial charge in [0, 0.05) is 17.4 Å². The molecule has 0 aliphatic carbocycles. The largest absolute Gasteiger partial charge is 0.491 e. The summed E-state index contributed by atoms with van der Waals surface area (Å²) in [5.41, 5.74) is 2.91. The lowest BCUT2D eigenvalue weighted by atomic mass is 10.1. The fourth-order valence-corrected chi connectivity index (χ4v) is 2.88. The highest BCUT2D eigenvalue weighted by atomic mass is 16.5. The zero-order chi connectivity index (χ0) is 20.8. The van der Waals surface area contributed by atoms with Gasteiger partial charge in [-0.25, -0.2) is 0 Å². The van der Waals surface area contributed by atoms with Crippen molar-refractivity contribution in [1.29, 1.82) is 0 Å². The number of rotatable bonds is 7. The van der Waals surface area contributed by atoms with Crippen LogP contribution in [0.25, 0.3) is 0 Å². The van der Waals surface area contributed by atoms with E-state index in [-0.39, 0.29) is 12.0 Å². The Balaban J connectivity index is 1.68. The first-order valence-corrected chi connectivity index (χ1v) is 9.77. The summed E-state index contributed by atoms with van der Waals surface area (Å²) in [6.07, 6.45) is 0.964. The molecule has 5 heteroatoms. The molecule has 0 saturated heterocycles. The van der Waals surface area contributed by atoms with Gasteiger partial charge in [-0.3, -0.25) is 9.78 Å². The van der Waals surface area contributed by atoms with Crippen LogP contribution in [0.3, 0.4) is 0 Å². The minimum Gasteiger partial charge on any atom is -0.491 e. The summed E-state index contributed by atoms with van der Waals surface area (Å²) in [5.74, 6) is 1.94. The molecule has 3 aromatic rings. The molecule has 0 unspecified atom stereocenters. The van der Waals surface area contributed by atoms with Gasteiger partial charge in [-0.1, -0.05) is 13.0 Å². The molecule has 3 rings (SSSR count). The predicted molar refractivity (Wildman–Crippen MR) is 115 cm³/mol. The van der Waals surface area contributed by atoms with Crippen molar-refractivity contribution in [1.82, 2.24) is 4.98 Å². The highest BCUT2D eigenvalue weighted by molar-refractivity contribution is 6.05. The van der Waals surface area contributed by atoms with Crippen molar-refractivity contribution in [2.75, 3.05) is 5.32 Å². The van der Waals surface area contributed by atoms with Crippen LogP contribution < -0.4 is 14.8 Å². The van der Waals surface area contributed by atoms with Crippen molar-refractivity contribution >= 4 is 11.6 Å². The molecule has 0 fully saturated rings. The van der Waals surface area contributed by atoms with Gasteiger partial charge < -0.3 is 14.8 Å². The molecular formula is C24H26N2O3. The monoisotopic (exact) mass is 390 g/mol. The van der Waals surface area contributed by atoms with Gasteiger partial charge in [0.15, 0.2) is 0 Å². The second kappa shape index (κ2) is 9.24. The summed E-state index contributed by atoms with van der Waals surface area (Å²) in [6.45, 7) is 7.86. The number of ether oxygens (including phenoxy) is 2. The third-order valence-corrected chi connectivity index (χ3v) is 4.27. The van der Waals surface area contributed by atoms with Gasteiger partial charge in [0.05, 0.1) is 17.4 Å². The van der Waals surface area contributed by atoms with E-state index in [1.54, 1.807) is 6.07 Å². The maximum Gasteiger partial charge on any atom is 0.257 e. The van der Waals surface area contributed by atoms with Gasteiger partial charge in [0.2, 0.25) is 0 Å². The minimum atomic E-state index is -0.190. The number of hydrogen-bond donors (Lipinski definition) is 1. The summed E-state index contributed by atoms with van der Waals surface area (Å²) in [6, 6.07) is 18.5. The number of carbonyl (C=O) groups is 1. The third kappa shape index (κ3) is 5.57. The van der Waals surface area contributed by atoms with E-state index in [2.05, 4.69) is 10.3 Å². The number of hydrogen-bond acceptors (Lipinski definition) is 4.